The first-order valence-corrected chi connectivity index (χ1v) is 13.6. The summed E-state index contributed by atoms with van der Waals surface area (Å²) in [7, 11) is -4.28. The van der Waals surface area contributed by atoms with Gasteiger partial charge >= 0.3 is 0 Å². The monoisotopic (exact) mass is 543 g/mol. The van der Waals surface area contributed by atoms with Crippen LogP contribution in [0.4, 0.5) is 14.5 Å². The quantitative estimate of drug-likeness (QED) is 0.390. The standard InChI is InChI=1S/C28H31F2N3O4S/c1-20(2)17-31-28(35)21(3)32(18-22-9-11-23(29)12-10-22)27(34)19-33(25-7-5-4-6-8-25)38(36,37)26-15-13-24(30)14-16-26/h4-16,20-21H,17-19H2,1-3H3,(H,31,35)/t21-/m1/s1. The fourth-order valence-electron chi connectivity index (χ4n) is 3.68. The first-order chi connectivity index (χ1) is 18.0. The molecule has 0 bridgehead atoms. The molecule has 0 aliphatic heterocycles. The van der Waals surface area contributed by atoms with Crippen molar-refractivity contribution in [2.45, 2.75) is 38.3 Å². The van der Waals surface area contributed by atoms with Gasteiger partial charge < -0.3 is 10.2 Å². The number of sulfonamides is 1. The first-order valence-electron chi connectivity index (χ1n) is 12.1. The number of nitrogens with one attached hydrogen (secondary N) is 1. The van der Waals surface area contributed by atoms with E-state index in [-0.39, 0.29) is 23.0 Å². The summed E-state index contributed by atoms with van der Waals surface area (Å²) in [5.74, 6) is -1.91. The highest BCUT2D eigenvalue weighted by molar-refractivity contribution is 7.92. The summed E-state index contributed by atoms with van der Waals surface area (Å²) >= 11 is 0. The molecule has 3 aromatic carbocycles. The highest BCUT2D eigenvalue weighted by atomic mass is 32.2. The topological polar surface area (TPSA) is 86.8 Å². The molecule has 10 heteroatoms. The Morgan fingerprint density at radius 2 is 1.39 bits per heavy atom. The van der Waals surface area contributed by atoms with Gasteiger partial charge in [0.15, 0.2) is 0 Å². The van der Waals surface area contributed by atoms with Crippen molar-refractivity contribution in [2.24, 2.45) is 5.92 Å². The van der Waals surface area contributed by atoms with Crippen LogP contribution < -0.4 is 9.62 Å². The first kappa shape index (κ1) is 28.8. The van der Waals surface area contributed by atoms with Crippen LogP contribution in [-0.2, 0) is 26.2 Å². The molecule has 0 spiro atoms. The predicted octanol–water partition coefficient (Wildman–Crippen LogP) is 4.35. The summed E-state index contributed by atoms with van der Waals surface area (Å²) in [6.07, 6.45) is 0. The van der Waals surface area contributed by atoms with Crippen LogP contribution >= 0.6 is 0 Å². The number of rotatable bonds is 11. The number of hydrogen-bond acceptors (Lipinski definition) is 4. The van der Waals surface area contributed by atoms with Gasteiger partial charge in [-0.3, -0.25) is 13.9 Å². The largest absolute Gasteiger partial charge is 0.354 e. The van der Waals surface area contributed by atoms with Gasteiger partial charge in [-0.2, -0.15) is 0 Å². The Morgan fingerprint density at radius 1 is 0.842 bits per heavy atom. The number of nitrogens with zero attached hydrogens (tertiary/aromatic N) is 2. The van der Waals surface area contributed by atoms with E-state index in [0.717, 1.165) is 28.6 Å². The molecule has 0 aliphatic carbocycles. The molecule has 0 saturated heterocycles. The Balaban J connectivity index is 1.97. The summed E-state index contributed by atoms with van der Waals surface area (Å²) in [5, 5.41) is 2.80. The van der Waals surface area contributed by atoms with Crippen molar-refractivity contribution in [3.05, 3.63) is 96.1 Å². The molecule has 0 heterocycles. The molecule has 0 radical (unpaired) electrons. The maximum atomic E-state index is 13.7. The summed E-state index contributed by atoms with van der Waals surface area (Å²) in [4.78, 5) is 27.7. The maximum absolute atomic E-state index is 13.7. The van der Waals surface area contributed by atoms with Crippen molar-refractivity contribution in [2.75, 3.05) is 17.4 Å². The molecule has 0 unspecified atom stereocenters. The number of amides is 2. The lowest BCUT2D eigenvalue weighted by atomic mass is 10.1. The van der Waals surface area contributed by atoms with Gasteiger partial charge in [0.2, 0.25) is 11.8 Å². The Morgan fingerprint density at radius 3 is 1.95 bits per heavy atom. The fourth-order valence-corrected chi connectivity index (χ4v) is 5.09. The molecule has 202 valence electrons. The van der Waals surface area contributed by atoms with E-state index in [2.05, 4.69) is 5.32 Å². The minimum absolute atomic E-state index is 0.0470. The Hall–Kier alpha value is -3.79. The molecule has 1 atom stereocenters. The van der Waals surface area contributed by atoms with Gasteiger partial charge in [0.1, 0.15) is 24.2 Å². The van der Waals surface area contributed by atoms with E-state index in [1.807, 2.05) is 13.8 Å². The van der Waals surface area contributed by atoms with E-state index >= 15 is 0 Å². The van der Waals surface area contributed by atoms with Crippen LogP contribution in [-0.4, -0.2) is 44.3 Å². The predicted molar refractivity (Wildman–Crippen MR) is 142 cm³/mol. The van der Waals surface area contributed by atoms with Gasteiger partial charge in [-0.15, -0.1) is 0 Å². The average molecular weight is 544 g/mol. The second kappa shape index (κ2) is 12.6. The molecule has 0 aromatic heterocycles. The van der Waals surface area contributed by atoms with Crippen LogP contribution in [0.15, 0.2) is 83.8 Å². The SMILES string of the molecule is CC(C)CNC(=O)[C@@H](C)N(Cc1ccc(F)cc1)C(=O)CN(c1ccccc1)S(=O)(=O)c1ccc(F)cc1. The average Bonchev–Trinajstić information content (AvgIpc) is 2.90. The number of carbonyl (C=O) groups excluding carboxylic acids is 2. The van der Waals surface area contributed by atoms with Crippen molar-refractivity contribution in [3.63, 3.8) is 0 Å². The van der Waals surface area contributed by atoms with Crippen LogP contribution in [0.2, 0.25) is 0 Å². The van der Waals surface area contributed by atoms with Crippen LogP contribution in [0, 0.1) is 17.6 Å². The zero-order valence-corrected chi connectivity index (χ0v) is 22.3. The summed E-state index contributed by atoms with van der Waals surface area (Å²) in [6, 6.07) is 16.9. The zero-order valence-electron chi connectivity index (χ0n) is 21.5. The lowest BCUT2D eigenvalue weighted by Gasteiger charge is -2.32. The van der Waals surface area contributed by atoms with Gasteiger partial charge in [-0.25, -0.2) is 17.2 Å². The molecule has 7 nitrogen and oxygen atoms in total. The molecule has 0 fully saturated rings. The second-order valence-electron chi connectivity index (χ2n) is 9.26. The normalized spacial score (nSPS) is 12.2. The van der Waals surface area contributed by atoms with Crippen LogP contribution in [0.5, 0.6) is 0 Å². The molecule has 1 N–H and O–H groups in total. The number of para-hydroxylation sites is 1. The molecule has 38 heavy (non-hydrogen) atoms. The van der Waals surface area contributed by atoms with E-state index in [9.17, 15) is 26.8 Å². The van der Waals surface area contributed by atoms with Crippen molar-refractivity contribution in [1.82, 2.24) is 10.2 Å². The Bertz CT molecular complexity index is 1330. The molecule has 3 aromatic rings. The van der Waals surface area contributed by atoms with E-state index in [1.165, 1.54) is 41.3 Å². The lowest BCUT2D eigenvalue weighted by molar-refractivity contribution is -0.139. The Kier molecular flexibility index (Phi) is 9.57. The number of benzene rings is 3. The van der Waals surface area contributed by atoms with Gasteiger partial charge in [0.05, 0.1) is 10.6 Å². The smallest absolute Gasteiger partial charge is 0.264 e. The molecular formula is C28H31F2N3O4S. The van der Waals surface area contributed by atoms with Gasteiger partial charge in [-0.05, 0) is 66.9 Å². The zero-order chi connectivity index (χ0) is 27.9. The van der Waals surface area contributed by atoms with Gasteiger partial charge in [0, 0.05) is 13.1 Å². The van der Waals surface area contributed by atoms with E-state index in [1.54, 1.807) is 25.1 Å². The van der Waals surface area contributed by atoms with Gasteiger partial charge in [-0.1, -0.05) is 44.2 Å². The van der Waals surface area contributed by atoms with Crippen LogP contribution in [0.3, 0.4) is 0 Å². The van der Waals surface area contributed by atoms with Crippen molar-refractivity contribution in [3.8, 4) is 0 Å². The number of carbonyl (C=O) groups is 2. The maximum Gasteiger partial charge on any atom is 0.264 e. The molecule has 2 amide bonds. The summed E-state index contributed by atoms with van der Waals surface area (Å²) in [6.45, 7) is 5.16. The van der Waals surface area contributed by atoms with E-state index in [0.29, 0.717) is 12.1 Å². The molecule has 0 aliphatic rings. The molecular weight excluding hydrogens is 512 g/mol. The van der Waals surface area contributed by atoms with Crippen molar-refractivity contribution in [1.29, 1.82) is 0 Å². The van der Waals surface area contributed by atoms with Gasteiger partial charge in [0.25, 0.3) is 10.0 Å². The highest BCUT2D eigenvalue weighted by Crippen LogP contribution is 2.24. The van der Waals surface area contributed by atoms with Crippen molar-refractivity contribution < 1.29 is 26.8 Å². The fraction of sp³-hybridized carbons (Fsp3) is 0.286. The lowest BCUT2D eigenvalue weighted by Crippen LogP contribution is -2.51. The third kappa shape index (κ3) is 7.38. The molecule has 0 saturated carbocycles. The van der Waals surface area contributed by atoms with Crippen LogP contribution in [0.1, 0.15) is 26.3 Å². The van der Waals surface area contributed by atoms with Crippen molar-refractivity contribution >= 4 is 27.5 Å². The Labute approximate surface area is 222 Å². The number of halogens is 2. The summed E-state index contributed by atoms with van der Waals surface area (Å²) in [5.41, 5.74) is 0.791. The highest BCUT2D eigenvalue weighted by Gasteiger charge is 2.32. The van der Waals surface area contributed by atoms with E-state index in [4.69, 9.17) is 0 Å². The third-order valence-corrected chi connectivity index (χ3v) is 7.63. The minimum Gasteiger partial charge on any atom is -0.354 e. The minimum atomic E-state index is -4.28. The third-order valence-electron chi connectivity index (χ3n) is 5.84. The molecule has 3 rings (SSSR count). The van der Waals surface area contributed by atoms with E-state index < -0.39 is 46.1 Å². The number of hydrogen-bond donors (Lipinski definition) is 1. The second-order valence-corrected chi connectivity index (χ2v) is 11.1. The van der Waals surface area contributed by atoms with Crippen LogP contribution in [0.25, 0.3) is 0 Å². The summed E-state index contributed by atoms with van der Waals surface area (Å²) < 4.78 is 55.1. The number of anilines is 1.